The van der Waals surface area contributed by atoms with Gasteiger partial charge >= 0.3 is 5.97 Å². The van der Waals surface area contributed by atoms with E-state index in [2.05, 4.69) is 0 Å². The predicted octanol–water partition coefficient (Wildman–Crippen LogP) is 2.18. The van der Waals surface area contributed by atoms with Crippen molar-refractivity contribution in [3.8, 4) is 5.75 Å². The summed E-state index contributed by atoms with van der Waals surface area (Å²) in [6.45, 7) is -0.0138. The predicted molar refractivity (Wildman–Crippen MR) is 76.6 cm³/mol. The average Bonchev–Trinajstić information content (AvgIpc) is 2.54. The molecule has 0 saturated carbocycles. The molecule has 0 aliphatic carbocycles. The molecule has 2 aromatic carbocycles. The van der Waals surface area contributed by atoms with E-state index in [1.165, 1.54) is 4.90 Å². The van der Waals surface area contributed by atoms with Crippen LogP contribution in [0, 0.1) is 0 Å². The number of aliphatic carboxylic acids is 1. The van der Waals surface area contributed by atoms with Crippen molar-refractivity contribution < 1.29 is 19.4 Å². The van der Waals surface area contributed by atoms with Gasteiger partial charge in [-0.05, 0) is 24.3 Å². The number of hydrogen-bond donors (Lipinski definition) is 1. The van der Waals surface area contributed by atoms with Crippen LogP contribution in [0.5, 0.6) is 5.75 Å². The van der Waals surface area contributed by atoms with Gasteiger partial charge in [0.2, 0.25) is 6.10 Å². The lowest BCUT2D eigenvalue weighted by Gasteiger charge is -2.33. The summed E-state index contributed by atoms with van der Waals surface area (Å²) in [5, 5.41) is 9.17. The largest absolute Gasteiger partial charge is 0.478 e. The Morgan fingerprint density at radius 3 is 2.43 bits per heavy atom. The standard InChI is InChI=1S/C16H13NO4/c18-15(11-6-2-1-3-7-11)17-10-14(16(19)20)21-13-9-5-4-8-12(13)17/h1-9,14H,10H2,(H,19,20). The van der Waals surface area contributed by atoms with Gasteiger partial charge in [-0.2, -0.15) is 0 Å². The highest BCUT2D eigenvalue weighted by Crippen LogP contribution is 2.34. The minimum Gasteiger partial charge on any atom is -0.478 e. The second-order valence-corrected chi connectivity index (χ2v) is 4.69. The molecule has 0 saturated heterocycles. The van der Waals surface area contributed by atoms with Crippen LogP contribution in [-0.2, 0) is 4.79 Å². The molecular weight excluding hydrogens is 270 g/mol. The van der Waals surface area contributed by atoms with E-state index in [0.717, 1.165) is 0 Å². The van der Waals surface area contributed by atoms with Crippen molar-refractivity contribution in [1.82, 2.24) is 0 Å². The van der Waals surface area contributed by atoms with Crippen molar-refractivity contribution >= 4 is 17.6 Å². The SMILES string of the molecule is O=C(O)C1CN(C(=O)c2ccccc2)c2ccccc2O1. The second kappa shape index (κ2) is 5.28. The van der Waals surface area contributed by atoms with Gasteiger partial charge in [-0.1, -0.05) is 30.3 Å². The lowest BCUT2D eigenvalue weighted by Crippen LogP contribution is -2.47. The van der Waals surface area contributed by atoms with Crippen LogP contribution < -0.4 is 9.64 Å². The van der Waals surface area contributed by atoms with E-state index in [-0.39, 0.29) is 12.5 Å². The minimum absolute atomic E-state index is 0.0138. The molecule has 0 bridgehead atoms. The van der Waals surface area contributed by atoms with Crippen LogP contribution in [0.2, 0.25) is 0 Å². The summed E-state index contributed by atoms with van der Waals surface area (Å²) < 4.78 is 5.42. The van der Waals surface area contributed by atoms with E-state index < -0.39 is 12.1 Å². The average molecular weight is 283 g/mol. The highest BCUT2D eigenvalue weighted by Gasteiger charge is 2.33. The molecule has 1 aliphatic rings. The van der Waals surface area contributed by atoms with Gasteiger partial charge in [0.15, 0.2) is 0 Å². The number of hydrogen-bond acceptors (Lipinski definition) is 3. The fourth-order valence-corrected chi connectivity index (χ4v) is 2.29. The quantitative estimate of drug-likeness (QED) is 0.917. The third kappa shape index (κ3) is 2.45. The lowest BCUT2D eigenvalue weighted by molar-refractivity contribution is -0.144. The number of carbonyl (C=O) groups excluding carboxylic acids is 1. The Balaban J connectivity index is 2.00. The number of nitrogens with zero attached hydrogens (tertiary/aromatic N) is 1. The van der Waals surface area contributed by atoms with Crippen molar-refractivity contribution in [3.05, 3.63) is 60.2 Å². The van der Waals surface area contributed by atoms with E-state index in [1.54, 1.807) is 48.5 Å². The molecule has 1 heterocycles. The summed E-state index contributed by atoms with van der Waals surface area (Å²) in [5.41, 5.74) is 1.10. The molecule has 21 heavy (non-hydrogen) atoms. The monoisotopic (exact) mass is 283 g/mol. The third-order valence-corrected chi connectivity index (χ3v) is 3.32. The molecular formula is C16H13NO4. The Morgan fingerprint density at radius 2 is 1.71 bits per heavy atom. The van der Waals surface area contributed by atoms with E-state index in [4.69, 9.17) is 4.74 Å². The summed E-state index contributed by atoms with van der Waals surface area (Å²) in [4.78, 5) is 25.3. The highest BCUT2D eigenvalue weighted by molar-refractivity contribution is 6.07. The van der Waals surface area contributed by atoms with Gasteiger partial charge in [-0.15, -0.1) is 0 Å². The maximum Gasteiger partial charge on any atom is 0.346 e. The van der Waals surface area contributed by atoms with Gasteiger partial charge in [0.05, 0.1) is 12.2 Å². The van der Waals surface area contributed by atoms with Crippen molar-refractivity contribution in [2.24, 2.45) is 0 Å². The summed E-state index contributed by atoms with van der Waals surface area (Å²) in [5.74, 6) is -0.923. The number of fused-ring (bicyclic) bond motifs is 1. The van der Waals surface area contributed by atoms with Crippen molar-refractivity contribution in [3.63, 3.8) is 0 Å². The molecule has 0 radical (unpaired) electrons. The van der Waals surface area contributed by atoms with Gasteiger partial charge in [-0.25, -0.2) is 4.79 Å². The Morgan fingerprint density at radius 1 is 1.05 bits per heavy atom. The number of carboxylic acids is 1. The molecule has 3 rings (SSSR count). The molecule has 0 aromatic heterocycles. The smallest absolute Gasteiger partial charge is 0.346 e. The summed E-state index contributed by atoms with van der Waals surface area (Å²) >= 11 is 0. The Kier molecular flexibility index (Phi) is 3.31. The number of para-hydroxylation sites is 2. The van der Waals surface area contributed by atoms with Crippen LogP contribution in [0.1, 0.15) is 10.4 Å². The number of rotatable bonds is 2. The molecule has 1 atom stereocenters. The minimum atomic E-state index is -1.09. The highest BCUT2D eigenvalue weighted by atomic mass is 16.5. The molecule has 1 unspecified atom stereocenters. The topological polar surface area (TPSA) is 66.8 Å². The van der Waals surface area contributed by atoms with Crippen LogP contribution in [-0.4, -0.2) is 29.6 Å². The Hall–Kier alpha value is -2.82. The van der Waals surface area contributed by atoms with Crippen LogP contribution in [0.4, 0.5) is 5.69 Å². The van der Waals surface area contributed by atoms with Crippen LogP contribution >= 0.6 is 0 Å². The first-order chi connectivity index (χ1) is 10.2. The van der Waals surface area contributed by atoms with Crippen molar-refractivity contribution in [2.75, 3.05) is 11.4 Å². The van der Waals surface area contributed by atoms with Gasteiger partial charge in [0, 0.05) is 5.56 Å². The first kappa shape index (κ1) is 13.2. The lowest BCUT2D eigenvalue weighted by atomic mass is 10.1. The Labute approximate surface area is 121 Å². The molecule has 0 fully saturated rings. The maximum atomic E-state index is 12.6. The first-order valence-corrected chi connectivity index (χ1v) is 6.52. The van der Waals surface area contributed by atoms with Crippen LogP contribution in [0.25, 0.3) is 0 Å². The Bertz CT molecular complexity index is 684. The zero-order valence-corrected chi connectivity index (χ0v) is 11.1. The van der Waals surface area contributed by atoms with Gasteiger partial charge in [0.25, 0.3) is 5.91 Å². The van der Waals surface area contributed by atoms with Gasteiger partial charge < -0.3 is 14.7 Å². The van der Waals surface area contributed by atoms with Gasteiger partial charge in [0.1, 0.15) is 5.75 Å². The molecule has 5 nitrogen and oxygen atoms in total. The first-order valence-electron chi connectivity index (χ1n) is 6.52. The molecule has 1 amide bonds. The molecule has 106 valence electrons. The van der Waals surface area contributed by atoms with Crippen molar-refractivity contribution in [2.45, 2.75) is 6.10 Å². The van der Waals surface area contributed by atoms with Gasteiger partial charge in [-0.3, -0.25) is 4.79 Å². The molecule has 1 aliphatic heterocycles. The van der Waals surface area contributed by atoms with Crippen LogP contribution in [0.15, 0.2) is 54.6 Å². The zero-order valence-electron chi connectivity index (χ0n) is 11.1. The maximum absolute atomic E-state index is 12.6. The van der Waals surface area contributed by atoms with Crippen LogP contribution in [0.3, 0.4) is 0 Å². The molecule has 2 aromatic rings. The molecule has 5 heteroatoms. The third-order valence-electron chi connectivity index (χ3n) is 3.32. The second-order valence-electron chi connectivity index (χ2n) is 4.69. The number of carboxylic acid groups (broad SMARTS) is 1. The fraction of sp³-hybridized carbons (Fsp3) is 0.125. The fourth-order valence-electron chi connectivity index (χ4n) is 2.29. The summed E-state index contributed by atoms with van der Waals surface area (Å²) in [7, 11) is 0. The van der Waals surface area contributed by atoms with E-state index >= 15 is 0 Å². The molecule has 1 N–H and O–H groups in total. The van der Waals surface area contributed by atoms with Crippen molar-refractivity contribution in [1.29, 1.82) is 0 Å². The zero-order chi connectivity index (χ0) is 14.8. The van der Waals surface area contributed by atoms with E-state index in [0.29, 0.717) is 17.0 Å². The summed E-state index contributed by atoms with van der Waals surface area (Å²) in [6.07, 6.45) is -1.06. The number of benzene rings is 2. The normalized spacial score (nSPS) is 16.8. The number of anilines is 1. The number of carbonyl (C=O) groups is 2. The number of amides is 1. The number of ether oxygens (including phenoxy) is 1. The summed E-state index contributed by atoms with van der Waals surface area (Å²) in [6, 6.07) is 15.7. The van der Waals surface area contributed by atoms with E-state index in [1.807, 2.05) is 6.07 Å². The molecule has 0 spiro atoms. The van der Waals surface area contributed by atoms with E-state index in [9.17, 15) is 14.7 Å².